The van der Waals surface area contributed by atoms with E-state index in [9.17, 15) is 14.7 Å². The number of hydrogen-bond donors (Lipinski definition) is 1. The van der Waals surface area contributed by atoms with Gasteiger partial charge in [0.25, 0.3) is 0 Å². The van der Waals surface area contributed by atoms with Crippen molar-refractivity contribution in [3.05, 3.63) is 34.9 Å². The number of ketones is 1. The van der Waals surface area contributed by atoms with E-state index in [0.29, 0.717) is 5.56 Å². The third kappa shape index (κ3) is 3.17. The smallest absolute Gasteiger partial charge is 0.338 e. The molecule has 0 saturated carbocycles. The summed E-state index contributed by atoms with van der Waals surface area (Å²) in [5.74, 6) is -0.799. The number of alkyl halides is 1. The van der Waals surface area contributed by atoms with Crippen LogP contribution in [0.15, 0.2) is 18.2 Å². The number of hydrogen-bond acceptors (Lipinski definition) is 4. The molecule has 1 aromatic carbocycles. The molecule has 0 aliphatic carbocycles. The quantitative estimate of drug-likeness (QED) is 0.514. The normalized spacial score (nSPS) is 12.0. The van der Waals surface area contributed by atoms with Crippen LogP contribution in [0.2, 0.25) is 0 Å². The van der Waals surface area contributed by atoms with Gasteiger partial charge < -0.3 is 9.84 Å². The number of Topliss-reactive ketones (excluding diaryl/α,β-unsaturated/α-hetero) is 1. The van der Waals surface area contributed by atoms with Gasteiger partial charge in [0, 0.05) is 5.56 Å². The summed E-state index contributed by atoms with van der Waals surface area (Å²) in [4.78, 5) is 23.4. The van der Waals surface area contributed by atoms with E-state index in [-0.39, 0.29) is 30.1 Å². The van der Waals surface area contributed by atoms with Crippen LogP contribution in [0, 0.1) is 0 Å². The topological polar surface area (TPSA) is 63.6 Å². The van der Waals surface area contributed by atoms with Gasteiger partial charge in [-0.2, -0.15) is 0 Å². The number of esters is 1. The molecular weight excluding hydrogens is 300 g/mol. The molecule has 1 atom stereocenters. The molecule has 0 bridgehead atoms. The van der Waals surface area contributed by atoms with E-state index in [1.807, 2.05) is 0 Å². The van der Waals surface area contributed by atoms with Crippen molar-refractivity contribution in [1.82, 2.24) is 0 Å². The molecule has 0 heterocycles. The van der Waals surface area contributed by atoms with Crippen molar-refractivity contribution in [3.8, 4) is 0 Å². The van der Waals surface area contributed by atoms with Crippen LogP contribution in [0.5, 0.6) is 0 Å². The van der Waals surface area contributed by atoms with Crippen LogP contribution in [-0.4, -0.2) is 28.3 Å². The highest BCUT2D eigenvalue weighted by Crippen LogP contribution is 2.20. The van der Waals surface area contributed by atoms with Gasteiger partial charge in [-0.15, -0.1) is 0 Å². The van der Waals surface area contributed by atoms with E-state index >= 15 is 0 Å². The Morgan fingerprint density at radius 1 is 1.44 bits per heavy atom. The van der Waals surface area contributed by atoms with Gasteiger partial charge in [0.2, 0.25) is 0 Å². The zero-order valence-corrected chi connectivity index (χ0v) is 11.9. The second kappa shape index (κ2) is 6.66. The Hall–Kier alpha value is -1.20. The standard InChI is InChI=1S/C13H15BrO4/c1-3-18-13(17)10-6-4-5-9(7-15)11(10)12(16)8(2)14/h4-6,8,15H,3,7H2,1-2H3. The van der Waals surface area contributed by atoms with Gasteiger partial charge >= 0.3 is 5.97 Å². The average molecular weight is 315 g/mol. The van der Waals surface area contributed by atoms with Crippen molar-refractivity contribution in [2.24, 2.45) is 0 Å². The zero-order valence-electron chi connectivity index (χ0n) is 10.3. The number of aliphatic hydroxyl groups excluding tert-OH is 1. The van der Waals surface area contributed by atoms with Gasteiger partial charge in [-0.25, -0.2) is 4.79 Å². The first-order chi connectivity index (χ1) is 8.52. The van der Waals surface area contributed by atoms with E-state index in [2.05, 4.69) is 15.9 Å². The lowest BCUT2D eigenvalue weighted by atomic mass is 9.96. The molecule has 5 heteroatoms. The summed E-state index contributed by atoms with van der Waals surface area (Å²) < 4.78 is 4.91. The number of rotatable bonds is 5. The predicted molar refractivity (Wildman–Crippen MR) is 71.0 cm³/mol. The van der Waals surface area contributed by atoms with Gasteiger partial charge in [-0.05, 0) is 25.5 Å². The first-order valence-electron chi connectivity index (χ1n) is 5.61. The van der Waals surface area contributed by atoms with Crippen molar-refractivity contribution in [2.45, 2.75) is 25.3 Å². The summed E-state index contributed by atoms with van der Waals surface area (Å²) in [6, 6.07) is 4.76. The molecule has 4 nitrogen and oxygen atoms in total. The molecule has 0 radical (unpaired) electrons. The van der Waals surface area contributed by atoms with Crippen LogP contribution < -0.4 is 0 Å². The molecule has 0 saturated heterocycles. The molecule has 0 aliphatic rings. The molecule has 98 valence electrons. The highest BCUT2D eigenvalue weighted by atomic mass is 79.9. The fraction of sp³-hybridized carbons (Fsp3) is 0.385. The van der Waals surface area contributed by atoms with Crippen molar-refractivity contribution in [3.63, 3.8) is 0 Å². The molecule has 0 fully saturated rings. The maximum atomic E-state index is 12.1. The minimum absolute atomic E-state index is 0.194. The van der Waals surface area contributed by atoms with Crippen LogP contribution in [0.1, 0.15) is 40.1 Å². The van der Waals surface area contributed by atoms with Crippen molar-refractivity contribution in [1.29, 1.82) is 0 Å². The highest BCUT2D eigenvalue weighted by Gasteiger charge is 2.23. The fourth-order valence-corrected chi connectivity index (χ4v) is 1.83. The van der Waals surface area contributed by atoms with Crippen LogP contribution >= 0.6 is 15.9 Å². The lowest BCUT2D eigenvalue weighted by Crippen LogP contribution is -2.19. The maximum absolute atomic E-state index is 12.1. The van der Waals surface area contributed by atoms with E-state index < -0.39 is 10.8 Å². The predicted octanol–water partition coefficient (Wildman–Crippen LogP) is 2.32. The SMILES string of the molecule is CCOC(=O)c1cccc(CO)c1C(=O)C(C)Br. The largest absolute Gasteiger partial charge is 0.462 e. The lowest BCUT2D eigenvalue weighted by Gasteiger charge is -2.13. The number of carbonyl (C=O) groups excluding carboxylic acids is 2. The van der Waals surface area contributed by atoms with Crippen molar-refractivity contribution < 1.29 is 19.4 Å². The van der Waals surface area contributed by atoms with Gasteiger partial charge in [0.05, 0.1) is 23.6 Å². The van der Waals surface area contributed by atoms with E-state index in [1.54, 1.807) is 26.0 Å². The van der Waals surface area contributed by atoms with Crippen LogP contribution in [0.3, 0.4) is 0 Å². The van der Waals surface area contributed by atoms with Gasteiger partial charge in [-0.3, -0.25) is 4.79 Å². The first-order valence-corrected chi connectivity index (χ1v) is 6.52. The fourth-order valence-electron chi connectivity index (χ4n) is 1.60. The summed E-state index contributed by atoms with van der Waals surface area (Å²) in [5.41, 5.74) is 0.847. The molecule has 0 aromatic heterocycles. The third-order valence-corrected chi connectivity index (χ3v) is 2.84. The second-order valence-corrected chi connectivity index (χ2v) is 5.07. The van der Waals surface area contributed by atoms with Gasteiger partial charge in [0.1, 0.15) is 0 Å². The first kappa shape index (κ1) is 14.9. The Balaban J connectivity index is 3.33. The van der Waals surface area contributed by atoms with Crippen LogP contribution in [0.25, 0.3) is 0 Å². The lowest BCUT2D eigenvalue weighted by molar-refractivity contribution is 0.0523. The summed E-state index contributed by atoms with van der Waals surface area (Å²) >= 11 is 3.18. The average Bonchev–Trinajstić information content (AvgIpc) is 2.37. The molecule has 1 rings (SSSR count). The molecular formula is C13H15BrO4. The Morgan fingerprint density at radius 3 is 2.61 bits per heavy atom. The summed E-state index contributed by atoms with van der Waals surface area (Å²) in [6.07, 6.45) is 0. The van der Waals surface area contributed by atoms with Crippen LogP contribution in [-0.2, 0) is 11.3 Å². The van der Waals surface area contributed by atoms with E-state index in [1.165, 1.54) is 6.07 Å². The Morgan fingerprint density at radius 2 is 2.11 bits per heavy atom. The Bertz CT molecular complexity index is 454. The molecule has 0 aliphatic heterocycles. The minimum Gasteiger partial charge on any atom is -0.462 e. The monoisotopic (exact) mass is 314 g/mol. The summed E-state index contributed by atoms with van der Waals surface area (Å²) in [7, 11) is 0. The number of benzene rings is 1. The number of halogens is 1. The molecule has 18 heavy (non-hydrogen) atoms. The van der Waals surface area contributed by atoms with Crippen molar-refractivity contribution in [2.75, 3.05) is 6.61 Å². The van der Waals surface area contributed by atoms with Crippen LogP contribution in [0.4, 0.5) is 0 Å². The Kier molecular flexibility index (Phi) is 5.50. The maximum Gasteiger partial charge on any atom is 0.338 e. The third-order valence-electron chi connectivity index (χ3n) is 2.42. The molecule has 1 aromatic rings. The van der Waals surface area contributed by atoms with Gasteiger partial charge in [0.15, 0.2) is 5.78 Å². The summed E-state index contributed by atoms with van der Waals surface area (Å²) in [5, 5.41) is 9.27. The Labute approximate surface area is 114 Å². The number of carbonyl (C=O) groups is 2. The van der Waals surface area contributed by atoms with Crippen molar-refractivity contribution >= 4 is 27.7 Å². The number of ether oxygens (including phenoxy) is 1. The van der Waals surface area contributed by atoms with E-state index in [4.69, 9.17) is 4.74 Å². The minimum atomic E-state index is -0.552. The molecule has 1 N–H and O–H groups in total. The molecule has 0 spiro atoms. The molecule has 0 amide bonds. The van der Waals surface area contributed by atoms with E-state index in [0.717, 1.165) is 0 Å². The number of aliphatic hydroxyl groups is 1. The van der Waals surface area contributed by atoms with Gasteiger partial charge in [-0.1, -0.05) is 28.1 Å². The zero-order chi connectivity index (χ0) is 13.7. The molecule has 1 unspecified atom stereocenters. The summed E-state index contributed by atoms with van der Waals surface area (Å²) in [6.45, 7) is 3.31. The second-order valence-electron chi connectivity index (χ2n) is 3.70. The highest BCUT2D eigenvalue weighted by molar-refractivity contribution is 9.10.